The summed E-state index contributed by atoms with van der Waals surface area (Å²) < 4.78 is 6.28. The first kappa shape index (κ1) is 31.4. The Morgan fingerprint density at radius 3 is 1.65 bits per heavy atom. The Morgan fingerprint density at radius 2 is 0.909 bits per heavy atom. The molecule has 0 N–H and O–H groups in total. The fraction of sp³-hybridized carbons (Fsp3) is 0.0189. The number of para-hydroxylation sites is 1. The predicted octanol–water partition coefficient (Wildman–Crippen LogP) is 14.2. The molecule has 0 aliphatic heterocycles. The number of nitrogens with zero attached hydrogens (tertiary/aromatic N) is 1. The lowest BCUT2D eigenvalue weighted by Gasteiger charge is -2.34. The molecule has 0 atom stereocenters. The van der Waals surface area contributed by atoms with Gasteiger partial charge in [-0.15, -0.1) is 0 Å². The van der Waals surface area contributed by atoms with Gasteiger partial charge in [-0.3, -0.25) is 0 Å². The largest absolute Gasteiger partial charge is 0.456 e. The van der Waals surface area contributed by atoms with Crippen molar-refractivity contribution >= 4 is 49.8 Å². The number of hydrogen-bond acceptors (Lipinski definition) is 2. The van der Waals surface area contributed by atoms with Crippen molar-refractivity contribution in [3.05, 3.63) is 235 Å². The van der Waals surface area contributed by atoms with Crippen LogP contribution in [0.4, 0.5) is 17.1 Å². The lowest BCUT2D eigenvalue weighted by molar-refractivity contribution is 0.669. The molecule has 10 aromatic rings. The number of rotatable bonds is 6. The third kappa shape index (κ3) is 4.82. The van der Waals surface area contributed by atoms with E-state index in [2.05, 4.69) is 205 Å². The Balaban J connectivity index is 1.16. The molecular formula is C53H35NO. The van der Waals surface area contributed by atoms with Crippen LogP contribution in [-0.4, -0.2) is 0 Å². The van der Waals surface area contributed by atoms with Gasteiger partial charge in [-0.05, 0) is 104 Å². The van der Waals surface area contributed by atoms with E-state index in [4.69, 9.17) is 4.42 Å². The third-order valence-corrected chi connectivity index (χ3v) is 11.5. The smallest absolute Gasteiger partial charge is 0.135 e. The van der Waals surface area contributed by atoms with Crippen LogP contribution in [0.5, 0.6) is 0 Å². The zero-order valence-corrected chi connectivity index (χ0v) is 30.1. The van der Waals surface area contributed by atoms with Gasteiger partial charge in [-0.1, -0.05) is 164 Å². The van der Waals surface area contributed by atoms with Gasteiger partial charge < -0.3 is 9.32 Å². The van der Waals surface area contributed by atoms with Gasteiger partial charge >= 0.3 is 0 Å². The molecule has 1 aromatic heterocycles. The van der Waals surface area contributed by atoms with Crippen LogP contribution < -0.4 is 4.90 Å². The maximum atomic E-state index is 6.28. The van der Waals surface area contributed by atoms with Crippen LogP contribution in [0.3, 0.4) is 0 Å². The number of anilines is 3. The molecule has 0 saturated heterocycles. The molecular weight excluding hydrogens is 667 g/mol. The van der Waals surface area contributed by atoms with Crippen LogP contribution in [-0.2, 0) is 5.41 Å². The molecule has 55 heavy (non-hydrogen) atoms. The standard InChI is InChI=1S/C53H35NO/c1-4-14-36(15-5-1)37-24-28-41(29-25-37)54(43-31-33-51-47(35-43)44-20-11-13-23-50(44)55-51)42-30-26-38-27-32-49-52(46(38)34-42)45-21-10-12-22-48(45)53(49,39-16-6-2-7-17-39)40-18-8-3-9-19-40/h1-35H. The highest BCUT2D eigenvalue weighted by Gasteiger charge is 2.46. The van der Waals surface area contributed by atoms with Gasteiger partial charge in [0.2, 0.25) is 0 Å². The fourth-order valence-corrected chi connectivity index (χ4v) is 9.12. The summed E-state index contributed by atoms with van der Waals surface area (Å²) >= 11 is 0. The molecule has 11 rings (SSSR count). The number of fused-ring (bicyclic) bond motifs is 8. The van der Waals surface area contributed by atoms with Crippen molar-refractivity contribution in [3.63, 3.8) is 0 Å². The average Bonchev–Trinajstić information content (AvgIpc) is 3.79. The van der Waals surface area contributed by atoms with Crippen molar-refractivity contribution in [2.24, 2.45) is 0 Å². The second-order valence-electron chi connectivity index (χ2n) is 14.4. The molecule has 0 radical (unpaired) electrons. The van der Waals surface area contributed by atoms with Crippen molar-refractivity contribution in [2.75, 3.05) is 4.90 Å². The van der Waals surface area contributed by atoms with E-state index in [1.807, 2.05) is 12.1 Å². The van der Waals surface area contributed by atoms with E-state index in [0.717, 1.165) is 39.0 Å². The Bertz CT molecular complexity index is 2980. The van der Waals surface area contributed by atoms with Gasteiger partial charge in [0, 0.05) is 27.8 Å². The highest BCUT2D eigenvalue weighted by Crippen LogP contribution is 2.58. The molecule has 258 valence electrons. The van der Waals surface area contributed by atoms with Crippen LogP contribution in [0, 0.1) is 0 Å². The van der Waals surface area contributed by atoms with Crippen LogP contribution in [0.25, 0.3) is 55.0 Å². The minimum Gasteiger partial charge on any atom is -0.456 e. The Morgan fingerprint density at radius 1 is 0.364 bits per heavy atom. The Labute approximate surface area is 320 Å². The molecule has 0 saturated carbocycles. The lowest BCUT2D eigenvalue weighted by atomic mass is 9.67. The van der Waals surface area contributed by atoms with Gasteiger partial charge in [-0.25, -0.2) is 0 Å². The topological polar surface area (TPSA) is 16.4 Å². The molecule has 1 aliphatic rings. The first-order valence-corrected chi connectivity index (χ1v) is 18.9. The second kappa shape index (κ2) is 12.5. The van der Waals surface area contributed by atoms with Gasteiger partial charge in [0.1, 0.15) is 11.2 Å². The summed E-state index contributed by atoms with van der Waals surface area (Å²) in [5.41, 5.74) is 14.7. The molecule has 9 aromatic carbocycles. The third-order valence-electron chi connectivity index (χ3n) is 11.5. The quantitative estimate of drug-likeness (QED) is 0.172. The molecule has 2 nitrogen and oxygen atoms in total. The van der Waals surface area contributed by atoms with Crippen molar-refractivity contribution < 1.29 is 4.42 Å². The maximum Gasteiger partial charge on any atom is 0.135 e. The summed E-state index contributed by atoms with van der Waals surface area (Å²) in [7, 11) is 0. The zero-order chi connectivity index (χ0) is 36.3. The zero-order valence-electron chi connectivity index (χ0n) is 30.1. The van der Waals surface area contributed by atoms with E-state index in [-0.39, 0.29) is 0 Å². The molecule has 1 aliphatic carbocycles. The van der Waals surface area contributed by atoms with Crippen LogP contribution in [0.1, 0.15) is 22.3 Å². The molecule has 0 fully saturated rings. The number of benzene rings is 9. The minimum absolute atomic E-state index is 0.459. The number of furan rings is 1. The molecule has 0 bridgehead atoms. The van der Waals surface area contributed by atoms with E-state index in [1.165, 1.54) is 55.3 Å². The van der Waals surface area contributed by atoms with Gasteiger partial charge in [0.15, 0.2) is 0 Å². The average molecular weight is 702 g/mol. The minimum atomic E-state index is -0.459. The lowest BCUT2D eigenvalue weighted by Crippen LogP contribution is -2.28. The summed E-state index contributed by atoms with van der Waals surface area (Å²) in [6.07, 6.45) is 0. The number of hydrogen-bond donors (Lipinski definition) is 0. The summed E-state index contributed by atoms with van der Waals surface area (Å²) in [5, 5.41) is 4.66. The van der Waals surface area contributed by atoms with E-state index >= 15 is 0 Å². The highest BCUT2D eigenvalue weighted by molar-refractivity contribution is 6.08. The van der Waals surface area contributed by atoms with Gasteiger partial charge in [0.05, 0.1) is 5.41 Å². The molecule has 0 amide bonds. The molecule has 0 spiro atoms. The SMILES string of the molecule is c1ccc(-c2ccc(N(c3ccc4ccc5c(c4c3)-c3ccccc3C5(c3ccccc3)c3ccccc3)c3ccc4oc5ccccc5c4c3)cc2)cc1. The monoisotopic (exact) mass is 701 g/mol. The maximum absolute atomic E-state index is 6.28. The summed E-state index contributed by atoms with van der Waals surface area (Å²) in [6.45, 7) is 0. The van der Waals surface area contributed by atoms with E-state index < -0.39 is 5.41 Å². The van der Waals surface area contributed by atoms with Gasteiger partial charge in [-0.2, -0.15) is 0 Å². The highest BCUT2D eigenvalue weighted by atomic mass is 16.3. The first-order chi connectivity index (χ1) is 27.3. The molecule has 2 heteroatoms. The second-order valence-corrected chi connectivity index (χ2v) is 14.4. The first-order valence-electron chi connectivity index (χ1n) is 18.9. The van der Waals surface area contributed by atoms with Crippen molar-refractivity contribution in [2.45, 2.75) is 5.41 Å². The van der Waals surface area contributed by atoms with E-state index in [9.17, 15) is 0 Å². The van der Waals surface area contributed by atoms with Crippen LogP contribution in [0.2, 0.25) is 0 Å². The van der Waals surface area contributed by atoms with Gasteiger partial charge in [0.25, 0.3) is 0 Å². The Hall–Kier alpha value is -7.16. The predicted molar refractivity (Wildman–Crippen MR) is 229 cm³/mol. The summed E-state index contributed by atoms with van der Waals surface area (Å²) in [4.78, 5) is 2.39. The fourth-order valence-electron chi connectivity index (χ4n) is 9.12. The molecule has 0 unspecified atom stereocenters. The van der Waals surface area contributed by atoms with Crippen LogP contribution in [0.15, 0.2) is 217 Å². The van der Waals surface area contributed by atoms with Crippen molar-refractivity contribution in [3.8, 4) is 22.3 Å². The van der Waals surface area contributed by atoms with Crippen molar-refractivity contribution in [1.82, 2.24) is 0 Å². The van der Waals surface area contributed by atoms with Crippen molar-refractivity contribution in [1.29, 1.82) is 0 Å². The van der Waals surface area contributed by atoms with E-state index in [1.54, 1.807) is 0 Å². The Kier molecular flexibility index (Phi) is 7.11. The normalized spacial score (nSPS) is 12.9. The van der Waals surface area contributed by atoms with E-state index in [0.29, 0.717) is 0 Å². The molecule has 1 heterocycles. The summed E-state index contributed by atoms with van der Waals surface area (Å²) in [6, 6.07) is 77.1. The summed E-state index contributed by atoms with van der Waals surface area (Å²) in [5.74, 6) is 0. The van der Waals surface area contributed by atoms with Crippen LogP contribution >= 0.6 is 0 Å².